The average molecular weight is 416 g/mol. The first-order chi connectivity index (χ1) is 14.4. The van der Waals surface area contributed by atoms with Gasteiger partial charge in [0, 0.05) is 30.6 Å². The lowest BCUT2D eigenvalue weighted by Crippen LogP contribution is -2.55. The second kappa shape index (κ2) is 9.96. The smallest absolute Gasteiger partial charge is 0.252 e. The predicted molar refractivity (Wildman–Crippen MR) is 114 cm³/mol. The van der Waals surface area contributed by atoms with Crippen LogP contribution in [0.4, 0.5) is 0 Å². The van der Waals surface area contributed by atoms with Crippen molar-refractivity contribution in [2.75, 3.05) is 20.2 Å². The van der Waals surface area contributed by atoms with E-state index in [1.165, 1.54) is 0 Å². The Balaban J connectivity index is 1.69. The summed E-state index contributed by atoms with van der Waals surface area (Å²) in [4.78, 5) is 40.2. The molecule has 1 aromatic rings. The van der Waals surface area contributed by atoms with E-state index in [-0.39, 0.29) is 35.6 Å². The molecule has 2 atom stereocenters. The zero-order valence-electron chi connectivity index (χ0n) is 18.1. The van der Waals surface area contributed by atoms with Crippen LogP contribution in [0, 0.1) is 11.8 Å². The summed E-state index contributed by atoms with van der Waals surface area (Å²) in [6.07, 6.45) is 4.21. The summed E-state index contributed by atoms with van der Waals surface area (Å²) in [5.74, 6) is 0.581. The van der Waals surface area contributed by atoms with Crippen LogP contribution in [0.3, 0.4) is 0 Å². The van der Waals surface area contributed by atoms with Crippen LogP contribution in [0.25, 0.3) is 0 Å². The van der Waals surface area contributed by atoms with Crippen LogP contribution in [0.5, 0.6) is 5.75 Å². The van der Waals surface area contributed by atoms with Crippen molar-refractivity contribution in [3.8, 4) is 5.75 Å². The van der Waals surface area contributed by atoms with Crippen molar-refractivity contribution in [1.82, 2.24) is 15.5 Å². The van der Waals surface area contributed by atoms with Gasteiger partial charge in [0.1, 0.15) is 11.8 Å². The molecule has 3 rings (SSSR count). The van der Waals surface area contributed by atoms with Gasteiger partial charge in [-0.05, 0) is 63.1 Å². The summed E-state index contributed by atoms with van der Waals surface area (Å²) in [6.45, 7) is 5.25. The molecule has 2 unspecified atom stereocenters. The molecule has 1 heterocycles. The van der Waals surface area contributed by atoms with Crippen molar-refractivity contribution in [2.24, 2.45) is 11.8 Å². The fourth-order valence-corrected chi connectivity index (χ4v) is 3.86. The van der Waals surface area contributed by atoms with E-state index in [0.717, 1.165) is 19.3 Å². The minimum absolute atomic E-state index is 0.00753. The third kappa shape index (κ3) is 5.52. The number of piperidine rings is 1. The lowest BCUT2D eigenvalue weighted by atomic mass is 9.88. The minimum Gasteiger partial charge on any atom is -0.497 e. The first kappa shape index (κ1) is 22.1. The lowest BCUT2D eigenvalue weighted by Gasteiger charge is -2.36. The standard InChI is InChI=1S/C23H33N3O4/c1-4-15(2)24-22(28)20(25-21(27)18-6-5-7-19(14-18)30-3)16-10-12-26(13-11-16)23(29)17-8-9-17/h5-7,14-17,20H,4,8-13H2,1-3H3,(H,24,28)(H,25,27). The number of likely N-dealkylation sites (tertiary alicyclic amines) is 1. The van der Waals surface area contributed by atoms with Gasteiger partial charge in [-0.15, -0.1) is 0 Å². The third-order valence-corrected chi connectivity index (χ3v) is 6.15. The Morgan fingerprint density at radius 2 is 1.83 bits per heavy atom. The van der Waals surface area contributed by atoms with Crippen LogP contribution in [-0.4, -0.2) is 54.9 Å². The zero-order valence-corrected chi connectivity index (χ0v) is 18.1. The molecule has 1 aromatic carbocycles. The molecule has 1 saturated carbocycles. The fraction of sp³-hybridized carbons (Fsp3) is 0.609. The molecule has 3 amide bonds. The van der Waals surface area contributed by atoms with Crippen molar-refractivity contribution < 1.29 is 19.1 Å². The fourth-order valence-electron chi connectivity index (χ4n) is 3.86. The highest BCUT2D eigenvalue weighted by Gasteiger charge is 2.38. The molecule has 164 valence electrons. The summed E-state index contributed by atoms with van der Waals surface area (Å²) in [7, 11) is 1.55. The molecule has 1 saturated heterocycles. The van der Waals surface area contributed by atoms with E-state index >= 15 is 0 Å². The monoisotopic (exact) mass is 415 g/mol. The van der Waals surface area contributed by atoms with Crippen molar-refractivity contribution >= 4 is 17.7 Å². The van der Waals surface area contributed by atoms with Crippen molar-refractivity contribution in [3.05, 3.63) is 29.8 Å². The van der Waals surface area contributed by atoms with E-state index in [1.807, 2.05) is 18.7 Å². The quantitative estimate of drug-likeness (QED) is 0.682. The van der Waals surface area contributed by atoms with Crippen LogP contribution in [-0.2, 0) is 9.59 Å². The normalized spacial score (nSPS) is 19.0. The number of benzene rings is 1. The van der Waals surface area contributed by atoms with Gasteiger partial charge in [0.15, 0.2) is 0 Å². The highest BCUT2D eigenvalue weighted by Crippen LogP contribution is 2.33. The number of methoxy groups -OCH3 is 1. The molecule has 30 heavy (non-hydrogen) atoms. The number of carbonyl (C=O) groups is 3. The summed E-state index contributed by atoms with van der Waals surface area (Å²) in [6, 6.07) is 6.30. The van der Waals surface area contributed by atoms with Crippen molar-refractivity contribution in [3.63, 3.8) is 0 Å². The van der Waals surface area contributed by atoms with Gasteiger partial charge in [0.05, 0.1) is 7.11 Å². The van der Waals surface area contributed by atoms with Crippen molar-refractivity contribution in [1.29, 1.82) is 0 Å². The molecule has 7 heteroatoms. The van der Waals surface area contributed by atoms with Gasteiger partial charge in [-0.3, -0.25) is 14.4 Å². The molecule has 2 fully saturated rings. The summed E-state index contributed by atoms with van der Waals surface area (Å²) < 4.78 is 5.20. The first-order valence-corrected chi connectivity index (χ1v) is 11.0. The number of carbonyl (C=O) groups excluding carboxylic acids is 3. The predicted octanol–water partition coefficient (Wildman–Crippen LogP) is 2.36. The minimum atomic E-state index is -0.629. The first-order valence-electron chi connectivity index (χ1n) is 11.0. The van der Waals surface area contributed by atoms with Crippen LogP contribution in [0.15, 0.2) is 24.3 Å². The van der Waals surface area contributed by atoms with Gasteiger partial charge in [-0.2, -0.15) is 0 Å². The maximum absolute atomic E-state index is 13.0. The summed E-state index contributed by atoms with van der Waals surface area (Å²) in [5.41, 5.74) is 0.456. The maximum atomic E-state index is 13.0. The van der Waals surface area contributed by atoms with E-state index in [0.29, 0.717) is 37.2 Å². The average Bonchev–Trinajstić information content (AvgIpc) is 3.62. The Hall–Kier alpha value is -2.57. The van der Waals surface area contributed by atoms with Gasteiger partial charge in [0.2, 0.25) is 11.8 Å². The maximum Gasteiger partial charge on any atom is 0.252 e. The number of nitrogens with zero attached hydrogens (tertiary/aromatic N) is 1. The molecule has 7 nitrogen and oxygen atoms in total. The van der Waals surface area contributed by atoms with Gasteiger partial charge < -0.3 is 20.3 Å². The zero-order chi connectivity index (χ0) is 21.7. The number of rotatable bonds is 8. The molecule has 0 bridgehead atoms. The van der Waals surface area contributed by atoms with Gasteiger partial charge in [-0.25, -0.2) is 0 Å². The second-order valence-corrected chi connectivity index (χ2v) is 8.44. The van der Waals surface area contributed by atoms with Crippen LogP contribution in [0.1, 0.15) is 56.3 Å². The molecule has 2 aliphatic rings. The number of ether oxygens (including phenoxy) is 1. The number of hydrogen-bond acceptors (Lipinski definition) is 4. The molecule has 1 aliphatic heterocycles. The van der Waals surface area contributed by atoms with Gasteiger partial charge in [0.25, 0.3) is 5.91 Å². The molecular formula is C23H33N3O4. The molecule has 1 aliphatic carbocycles. The molecular weight excluding hydrogens is 382 g/mol. The van der Waals surface area contributed by atoms with E-state index < -0.39 is 6.04 Å². The Morgan fingerprint density at radius 3 is 2.43 bits per heavy atom. The number of nitrogens with one attached hydrogen (secondary N) is 2. The molecule has 2 N–H and O–H groups in total. The second-order valence-electron chi connectivity index (χ2n) is 8.44. The SMILES string of the molecule is CCC(C)NC(=O)C(NC(=O)c1cccc(OC)c1)C1CCN(C(=O)C2CC2)CC1. The highest BCUT2D eigenvalue weighted by atomic mass is 16.5. The molecule has 0 aromatic heterocycles. The summed E-state index contributed by atoms with van der Waals surface area (Å²) >= 11 is 0. The topological polar surface area (TPSA) is 87.7 Å². The largest absolute Gasteiger partial charge is 0.497 e. The van der Waals surface area contributed by atoms with E-state index in [2.05, 4.69) is 10.6 Å². The number of hydrogen-bond donors (Lipinski definition) is 2. The lowest BCUT2D eigenvalue weighted by molar-refractivity contribution is -0.134. The van der Waals surface area contributed by atoms with E-state index in [9.17, 15) is 14.4 Å². The van der Waals surface area contributed by atoms with Crippen LogP contribution < -0.4 is 15.4 Å². The van der Waals surface area contributed by atoms with Crippen molar-refractivity contribution in [2.45, 2.75) is 58.0 Å². The Labute approximate surface area is 178 Å². The third-order valence-electron chi connectivity index (χ3n) is 6.15. The van der Waals surface area contributed by atoms with E-state index in [1.54, 1.807) is 31.4 Å². The molecule has 0 radical (unpaired) electrons. The Bertz CT molecular complexity index is 769. The molecule has 0 spiro atoms. The Morgan fingerprint density at radius 1 is 1.13 bits per heavy atom. The number of amides is 3. The van der Waals surface area contributed by atoms with Gasteiger partial charge >= 0.3 is 0 Å². The summed E-state index contributed by atoms with van der Waals surface area (Å²) in [5, 5.41) is 5.96. The Kier molecular flexibility index (Phi) is 7.34. The van der Waals surface area contributed by atoms with Crippen LogP contribution in [0.2, 0.25) is 0 Å². The van der Waals surface area contributed by atoms with E-state index in [4.69, 9.17) is 4.74 Å². The van der Waals surface area contributed by atoms with Crippen LogP contribution >= 0.6 is 0 Å². The highest BCUT2D eigenvalue weighted by molar-refractivity contribution is 5.98. The van der Waals surface area contributed by atoms with Gasteiger partial charge in [-0.1, -0.05) is 13.0 Å².